The third-order valence-electron chi connectivity index (χ3n) is 8.00. The molecule has 5 aromatic rings. The molecule has 0 radical (unpaired) electrons. The summed E-state index contributed by atoms with van der Waals surface area (Å²) < 4.78 is 17.2. The smallest absolute Gasteiger partial charge is 0.790 e. The van der Waals surface area contributed by atoms with Gasteiger partial charge >= 0.3 is 64.8 Å². The van der Waals surface area contributed by atoms with Gasteiger partial charge in [0, 0.05) is 50.3 Å². The maximum Gasteiger partial charge on any atom is 1.00 e. The number of hydrogen-bond acceptors (Lipinski definition) is 13. The number of nitriles is 1. The Morgan fingerprint density at radius 1 is 0.958 bits per heavy atom. The first-order valence-corrected chi connectivity index (χ1v) is 15.7. The SMILES string of the molecule is CN1CCN(c2ncc(-c3ccc4ncc5c(=O)n(COP(=O)([O-])[O-])c(=O)n(-c6ccc(C(C)(C)C#N)cc6)c5c4n3)cn2)CC1.[Na+].[Na+]. The molecule has 1 saturated heterocycles. The van der Waals surface area contributed by atoms with Crippen LogP contribution in [0.4, 0.5) is 5.95 Å². The molecule has 1 fully saturated rings. The van der Waals surface area contributed by atoms with Gasteiger partial charge in [0.05, 0.1) is 47.1 Å². The maximum atomic E-state index is 13.9. The molecule has 0 bridgehead atoms. The Morgan fingerprint density at radius 2 is 1.60 bits per heavy atom. The van der Waals surface area contributed by atoms with Crippen LogP contribution in [0.3, 0.4) is 0 Å². The molecule has 1 aliphatic heterocycles. The summed E-state index contributed by atoms with van der Waals surface area (Å²) in [5.74, 6) is 0.602. The van der Waals surface area contributed by atoms with Gasteiger partial charge in [-0.15, -0.1) is 0 Å². The van der Waals surface area contributed by atoms with Gasteiger partial charge in [0.2, 0.25) is 5.95 Å². The van der Waals surface area contributed by atoms with E-state index in [2.05, 4.69) is 42.4 Å². The molecule has 236 valence electrons. The van der Waals surface area contributed by atoms with E-state index in [0.29, 0.717) is 32.9 Å². The summed E-state index contributed by atoms with van der Waals surface area (Å²) in [5.41, 5.74) is -0.0130. The number of aromatic nitrogens is 6. The van der Waals surface area contributed by atoms with Crippen molar-refractivity contribution in [3.8, 4) is 23.0 Å². The molecule has 15 nitrogen and oxygen atoms in total. The van der Waals surface area contributed by atoms with Gasteiger partial charge in [0.15, 0.2) is 0 Å². The topological polar surface area (TPSA) is 198 Å². The van der Waals surface area contributed by atoms with Crippen molar-refractivity contribution in [2.75, 3.05) is 38.1 Å². The van der Waals surface area contributed by atoms with Crippen LogP contribution in [-0.4, -0.2) is 67.2 Å². The number of pyridine rings is 2. The zero-order valence-corrected chi connectivity index (χ0v) is 32.0. The van der Waals surface area contributed by atoms with E-state index in [-0.39, 0.29) is 81.2 Å². The van der Waals surface area contributed by atoms with Crippen molar-refractivity contribution in [1.82, 2.24) is 34.0 Å². The second-order valence-corrected chi connectivity index (χ2v) is 12.6. The van der Waals surface area contributed by atoms with Crippen LogP contribution in [0.1, 0.15) is 19.4 Å². The van der Waals surface area contributed by atoms with Crippen LogP contribution in [0.25, 0.3) is 38.9 Å². The van der Waals surface area contributed by atoms with E-state index >= 15 is 0 Å². The standard InChI is InChI=1S/C30H30N9O6P.2Na/c1-30(2,17-31)20-4-6-21(7-5-20)39-26-22(27(40)38(29(39)41)18-45-46(42,43)44)16-32-24-9-8-23(35-25(24)26)19-14-33-28(34-15-19)37-12-10-36(3)11-13-37;;/h4-9,14-16H,10-13,18H2,1-3H3,(H2,42,43,44);;/q;2*+1/p-2. The van der Waals surface area contributed by atoms with E-state index in [0.717, 1.165) is 26.2 Å². The first-order chi connectivity index (χ1) is 21.9. The van der Waals surface area contributed by atoms with Crippen LogP contribution in [0.2, 0.25) is 0 Å². The van der Waals surface area contributed by atoms with Gasteiger partial charge in [-0.3, -0.25) is 14.3 Å². The fourth-order valence-electron chi connectivity index (χ4n) is 5.24. The van der Waals surface area contributed by atoms with Crippen molar-refractivity contribution in [3.05, 3.63) is 81.4 Å². The molecule has 0 aliphatic carbocycles. The van der Waals surface area contributed by atoms with Crippen molar-refractivity contribution >= 4 is 35.7 Å². The van der Waals surface area contributed by atoms with Gasteiger partial charge in [0.1, 0.15) is 12.2 Å². The number of benzene rings is 1. The van der Waals surface area contributed by atoms with Crippen LogP contribution >= 0.6 is 7.82 Å². The summed E-state index contributed by atoms with van der Waals surface area (Å²) in [7, 11) is -3.46. The zero-order valence-electron chi connectivity index (χ0n) is 27.2. The maximum absolute atomic E-state index is 13.9. The molecule has 0 atom stereocenters. The number of likely N-dealkylation sites (N-methyl/N-ethyl adjacent to an activating group) is 1. The molecule has 0 amide bonds. The molecule has 18 heteroatoms. The molecular weight excluding hydrogens is 659 g/mol. The first kappa shape index (κ1) is 38.0. The summed E-state index contributed by atoms with van der Waals surface area (Å²) in [5, 5.41) is 9.51. The number of phosphoric acid groups is 1. The van der Waals surface area contributed by atoms with Crippen molar-refractivity contribution in [2.45, 2.75) is 26.0 Å². The first-order valence-electron chi connectivity index (χ1n) is 14.3. The number of piperazine rings is 1. The number of hydrogen-bond donors (Lipinski definition) is 0. The molecule has 0 saturated carbocycles. The summed E-state index contributed by atoms with van der Waals surface area (Å²) in [6.45, 7) is 5.78. The average Bonchev–Trinajstić information content (AvgIpc) is 3.04. The summed E-state index contributed by atoms with van der Waals surface area (Å²) in [6.07, 6.45) is 4.57. The minimum Gasteiger partial charge on any atom is -0.790 e. The average molecular weight is 688 g/mol. The van der Waals surface area contributed by atoms with E-state index in [4.69, 9.17) is 4.98 Å². The largest absolute Gasteiger partial charge is 1.00 e. The minimum atomic E-state index is -5.53. The minimum absolute atomic E-state index is 0. The molecule has 0 unspecified atom stereocenters. The van der Waals surface area contributed by atoms with Crippen LogP contribution in [0.15, 0.2) is 64.6 Å². The number of phosphoric ester groups is 1. The number of rotatable bonds is 7. The van der Waals surface area contributed by atoms with Crippen LogP contribution < -0.4 is 85.1 Å². The molecule has 48 heavy (non-hydrogen) atoms. The zero-order chi connectivity index (χ0) is 32.8. The summed E-state index contributed by atoms with van der Waals surface area (Å²) in [6, 6.07) is 12.2. The Morgan fingerprint density at radius 3 is 2.21 bits per heavy atom. The van der Waals surface area contributed by atoms with E-state index in [1.165, 1.54) is 10.8 Å². The number of anilines is 1. The Balaban J connectivity index is 0.00000260. The monoisotopic (exact) mass is 687 g/mol. The van der Waals surface area contributed by atoms with Gasteiger partial charge in [0.25, 0.3) is 5.56 Å². The van der Waals surface area contributed by atoms with Gasteiger partial charge in [-0.1, -0.05) is 12.1 Å². The van der Waals surface area contributed by atoms with Crippen molar-refractivity contribution in [3.63, 3.8) is 0 Å². The Labute approximate surface area is 319 Å². The van der Waals surface area contributed by atoms with Gasteiger partial charge in [-0.2, -0.15) is 5.26 Å². The third-order valence-corrected chi connectivity index (χ3v) is 8.43. The second kappa shape index (κ2) is 15.0. The molecule has 1 aliphatic rings. The molecule has 0 spiro atoms. The fraction of sp³-hybridized carbons (Fsp3) is 0.300. The molecule has 4 aromatic heterocycles. The number of fused-ring (bicyclic) bond motifs is 3. The van der Waals surface area contributed by atoms with E-state index < -0.39 is 31.2 Å². The van der Waals surface area contributed by atoms with Gasteiger partial charge in [-0.05, 0) is 50.7 Å². The number of nitrogens with zero attached hydrogens (tertiary/aromatic N) is 9. The van der Waals surface area contributed by atoms with E-state index in [1.54, 1.807) is 62.6 Å². The summed E-state index contributed by atoms with van der Waals surface area (Å²) >= 11 is 0. The predicted molar refractivity (Wildman–Crippen MR) is 165 cm³/mol. The van der Waals surface area contributed by atoms with Crippen molar-refractivity contribution in [1.29, 1.82) is 5.26 Å². The van der Waals surface area contributed by atoms with Gasteiger partial charge in [-0.25, -0.2) is 24.3 Å². The van der Waals surface area contributed by atoms with E-state index in [9.17, 15) is 29.2 Å². The molecule has 0 N–H and O–H groups in total. The van der Waals surface area contributed by atoms with E-state index in [1.807, 2.05) is 0 Å². The molecule has 6 rings (SSSR count). The van der Waals surface area contributed by atoms with Crippen molar-refractivity contribution < 1.29 is 78.0 Å². The Bertz CT molecular complexity index is 2170. The van der Waals surface area contributed by atoms with Crippen molar-refractivity contribution in [2.24, 2.45) is 0 Å². The van der Waals surface area contributed by atoms with Crippen LogP contribution in [-0.2, 0) is 21.2 Å². The van der Waals surface area contributed by atoms with Gasteiger partial charge < -0.3 is 28.7 Å². The Kier molecular flexibility index (Phi) is 11.8. The predicted octanol–water partition coefficient (Wildman–Crippen LogP) is -5.08. The Hall–Kier alpha value is -2.84. The fourth-order valence-corrected chi connectivity index (χ4v) is 5.50. The normalized spacial score (nSPS) is 14.0. The van der Waals surface area contributed by atoms with Crippen LogP contribution in [0.5, 0.6) is 0 Å². The molecule has 5 heterocycles. The quantitative estimate of drug-likeness (QED) is 0.0896. The second-order valence-electron chi connectivity index (χ2n) is 11.5. The molecule has 1 aromatic carbocycles. The summed E-state index contributed by atoms with van der Waals surface area (Å²) in [4.78, 5) is 72.5. The van der Waals surface area contributed by atoms with Crippen LogP contribution in [0, 0.1) is 11.3 Å². The third kappa shape index (κ3) is 7.65. The molecular formula is C30H28N9Na2O6P.